The summed E-state index contributed by atoms with van der Waals surface area (Å²) < 4.78 is 0. The second kappa shape index (κ2) is 5.51. The third kappa shape index (κ3) is 2.56. The lowest BCUT2D eigenvalue weighted by molar-refractivity contribution is -0.115. The van der Waals surface area contributed by atoms with Gasteiger partial charge in [0.05, 0.1) is 11.8 Å². The number of nitrogens with one attached hydrogen (secondary N) is 1. The summed E-state index contributed by atoms with van der Waals surface area (Å²) in [5, 5.41) is 2.65. The lowest BCUT2D eigenvalue weighted by Gasteiger charge is -2.12. The largest absolute Gasteiger partial charge is 0.326 e. The fraction of sp³-hybridized carbons (Fsp3) is 0.188. The monoisotopic (exact) mass is 303 g/mol. The van der Waals surface area contributed by atoms with E-state index in [0.717, 1.165) is 22.4 Å². The smallest absolute Gasteiger partial charge is 0.228 e. The topological polar surface area (TPSA) is 29.1 Å². The molecule has 0 bridgehead atoms. The summed E-state index contributed by atoms with van der Waals surface area (Å²) in [7, 11) is 0. The van der Waals surface area contributed by atoms with E-state index >= 15 is 0 Å². The molecule has 1 aliphatic heterocycles. The lowest BCUT2D eigenvalue weighted by Crippen LogP contribution is -2.03. The Morgan fingerprint density at radius 3 is 2.55 bits per heavy atom. The molecule has 0 saturated carbocycles. The molecule has 2 aromatic rings. The predicted octanol–water partition coefficient (Wildman–Crippen LogP) is 4.23. The van der Waals surface area contributed by atoms with E-state index in [9.17, 15) is 4.79 Å². The third-order valence-electron chi connectivity index (χ3n) is 3.46. The first-order valence-corrected chi connectivity index (χ1v) is 8.04. The highest BCUT2D eigenvalue weighted by Crippen LogP contribution is 2.33. The number of carbonyl (C=O) groups excluding carboxylic acids is 1. The molecule has 1 amide bonds. The molecule has 102 valence electrons. The first-order chi connectivity index (χ1) is 9.67. The summed E-state index contributed by atoms with van der Waals surface area (Å²) in [6.07, 6.45) is 2.50. The second-order valence-corrected chi connectivity index (χ2v) is 6.09. The van der Waals surface area contributed by atoms with Crippen LogP contribution in [-0.4, -0.2) is 12.2 Å². The number of halogens is 1. The standard InChI is InChI=1S/C16H14ClNOS/c1-20-13-5-2-10(3-6-13)16(17)11-4-7-14-12(8-11)9-15(19)18-14/h2-8,16H,9H2,1H3,(H,18,19). The van der Waals surface area contributed by atoms with E-state index in [0.29, 0.717) is 6.42 Å². The SMILES string of the molecule is CSc1ccc(C(Cl)c2ccc3c(c2)CC(=O)N3)cc1. The minimum absolute atomic E-state index is 0.0487. The van der Waals surface area contributed by atoms with Crippen molar-refractivity contribution in [1.82, 2.24) is 0 Å². The van der Waals surface area contributed by atoms with Gasteiger partial charge in [0.2, 0.25) is 5.91 Å². The number of amides is 1. The summed E-state index contributed by atoms with van der Waals surface area (Å²) in [6, 6.07) is 14.2. The highest BCUT2D eigenvalue weighted by Gasteiger charge is 2.19. The Hall–Kier alpha value is -1.45. The minimum atomic E-state index is -0.188. The number of thioether (sulfide) groups is 1. The third-order valence-corrected chi connectivity index (χ3v) is 4.70. The van der Waals surface area contributed by atoms with Crippen LogP contribution >= 0.6 is 23.4 Å². The maximum Gasteiger partial charge on any atom is 0.228 e. The first kappa shape index (κ1) is 13.5. The molecule has 0 radical (unpaired) electrons. The van der Waals surface area contributed by atoms with Crippen LogP contribution in [0.15, 0.2) is 47.4 Å². The van der Waals surface area contributed by atoms with Gasteiger partial charge in [-0.25, -0.2) is 0 Å². The Kier molecular flexibility index (Phi) is 3.72. The van der Waals surface area contributed by atoms with Crippen molar-refractivity contribution in [2.24, 2.45) is 0 Å². The van der Waals surface area contributed by atoms with Crippen LogP contribution in [0.2, 0.25) is 0 Å². The molecule has 1 unspecified atom stereocenters. The maximum absolute atomic E-state index is 11.4. The van der Waals surface area contributed by atoms with Gasteiger partial charge in [-0.3, -0.25) is 4.79 Å². The minimum Gasteiger partial charge on any atom is -0.326 e. The molecular weight excluding hydrogens is 290 g/mol. The Balaban J connectivity index is 1.88. The van der Waals surface area contributed by atoms with Crippen molar-refractivity contribution in [1.29, 1.82) is 0 Å². The van der Waals surface area contributed by atoms with Crippen LogP contribution in [0.1, 0.15) is 22.1 Å². The zero-order valence-electron chi connectivity index (χ0n) is 11.0. The molecule has 0 spiro atoms. The van der Waals surface area contributed by atoms with E-state index in [-0.39, 0.29) is 11.3 Å². The molecule has 0 aliphatic carbocycles. The van der Waals surface area contributed by atoms with Gasteiger partial charge in [0.15, 0.2) is 0 Å². The average Bonchev–Trinajstić information content (AvgIpc) is 2.85. The van der Waals surface area contributed by atoms with Crippen molar-refractivity contribution in [3.8, 4) is 0 Å². The van der Waals surface area contributed by atoms with Crippen LogP contribution < -0.4 is 5.32 Å². The van der Waals surface area contributed by atoms with Crippen LogP contribution in [-0.2, 0) is 11.2 Å². The molecule has 2 nitrogen and oxygen atoms in total. The van der Waals surface area contributed by atoms with Gasteiger partial charge in [-0.15, -0.1) is 23.4 Å². The Morgan fingerprint density at radius 1 is 1.15 bits per heavy atom. The highest BCUT2D eigenvalue weighted by molar-refractivity contribution is 7.98. The fourth-order valence-corrected chi connectivity index (χ4v) is 3.06. The molecule has 3 rings (SSSR count). The van der Waals surface area contributed by atoms with Gasteiger partial charge >= 0.3 is 0 Å². The summed E-state index contributed by atoms with van der Waals surface area (Å²) in [4.78, 5) is 12.6. The van der Waals surface area contributed by atoms with Crippen molar-refractivity contribution >= 4 is 35.0 Å². The highest BCUT2D eigenvalue weighted by atomic mass is 35.5. The zero-order valence-corrected chi connectivity index (χ0v) is 12.6. The molecule has 1 atom stereocenters. The molecule has 20 heavy (non-hydrogen) atoms. The van der Waals surface area contributed by atoms with Crippen molar-refractivity contribution in [3.05, 3.63) is 59.2 Å². The number of benzene rings is 2. The Labute approximate surface area is 127 Å². The van der Waals surface area contributed by atoms with Crippen LogP contribution in [0, 0.1) is 0 Å². The average molecular weight is 304 g/mol. The van der Waals surface area contributed by atoms with E-state index in [2.05, 4.69) is 35.8 Å². The van der Waals surface area contributed by atoms with Gasteiger partial charge < -0.3 is 5.32 Å². The van der Waals surface area contributed by atoms with E-state index in [1.807, 2.05) is 18.2 Å². The summed E-state index contributed by atoms with van der Waals surface area (Å²) in [5.74, 6) is 0.0487. The summed E-state index contributed by atoms with van der Waals surface area (Å²) in [5.41, 5.74) is 4.03. The number of alkyl halides is 1. The van der Waals surface area contributed by atoms with Crippen LogP contribution in [0.4, 0.5) is 5.69 Å². The van der Waals surface area contributed by atoms with Crippen molar-refractivity contribution in [3.63, 3.8) is 0 Å². The van der Waals surface area contributed by atoms with E-state index in [1.165, 1.54) is 4.90 Å². The molecule has 4 heteroatoms. The summed E-state index contributed by atoms with van der Waals surface area (Å²) >= 11 is 8.27. The van der Waals surface area contributed by atoms with Gasteiger partial charge in [0.1, 0.15) is 0 Å². The number of anilines is 1. The maximum atomic E-state index is 11.4. The van der Waals surface area contributed by atoms with Gasteiger partial charge in [-0.1, -0.05) is 24.3 Å². The Morgan fingerprint density at radius 2 is 1.85 bits per heavy atom. The number of hydrogen-bond acceptors (Lipinski definition) is 2. The number of carbonyl (C=O) groups is 1. The number of hydrogen-bond donors (Lipinski definition) is 1. The van der Waals surface area contributed by atoms with Gasteiger partial charge in [-0.05, 0) is 41.1 Å². The van der Waals surface area contributed by atoms with Gasteiger partial charge in [0.25, 0.3) is 0 Å². The Bertz CT molecular complexity index is 654. The molecule has 1 N–H and O–H groups in total. The van der Waals surface area contributed by atoms with Crippen LogP contribution in [0.5, 0.6) is 0 Å². The molecule has 1 aliphatic rings. The number of fused-ring (bicyclic) bond motifs is 1. The van der Waals surface area contributed by atoms with Crippen LogP contribution in [0.25, 0.3) is 0 Å². The molecule has 2 aromatic carbocycles. The van der Waals surface area contributed by atoms with Crippen molar-refractivity contribution in [2.75, 3.05) is 11.6 Å². The first-order valence-electron chi connectivity index (χ1n) is 6.38. The molecular formula is C16H14ClNOS. The zero-order chi connectivity index (χ0) is 14.1. The van der Waals surface area contributed by atoms with Crippen molar-refractivity contribution in [2.45, 2.75) is 16.7 Å². The quantitative estimate of drug-likeness (QED) is 0.679. The normalized spacial score (nSPS) is 14.8. The van der Waals surface area contributed by atoms with Gasteiger partial charge in [-0.2, -0.15) is 0 Å². The molecule has 0 saturated heterocycles. The summed E-state index contributed by atoms with van der Waals surface area (Å²) in [6.45, 7) is 0. The molecule has 0 aromatic heterocycles. The lowest BCUT2D eigenvalue weighted by atomic mass is 10.0. The molecule has 0 fully saturated rings. The van der Waals surface area contributed by atoms with Gasteiger partial charge in [0, 0.05) is 10.6 Å². The molecule has 1 heterocycles. The van der Waals surface area contributed by atoms with E-state index in [1.54, 1.807) is 11.8 Å². The second-order valence-electron chi connectivity index (χ2n) is 4.78. The van der Waals surface area contributed by atoms with Crippen LogP contribution in [0.3, 0.4) is 0 Å². The predicted molar refractivity (Wildman–Crippen MR) is 84.7 cm³/mol. The van der Waals surface area contributed by atoms with E-state index < -0.39 is 0 Å². The number of rotatable bonds is 3. The van der Waals surface area contributed by atoms with E-state index in [4.69, 9.17) is 11.6 Å². The fourth-order valence-electron chi connectivity index (χ4n) is 2.37. The van der Waals surface area contributed by atoms with Crippen molar-refractivity contribution < 1.29 is 4.79 Å².